The Morgan fingerprint density at radius 1 is 1.60 bits per heavy atom. The predicted octanol–water partition coefficient (Wildman–Crippen LogP) is 0.780. The summed E-state index contributed by atoms with van der Waals surface area (Å²) in [7, 11) is 1.62. The van der Waals surface area contributed by atoms with Gasteiger partial charge in [0.1, 0.15) is 5.78 Å². The maximum atomic E-state index is 11.4. The number of ketones is 1. The van der Waals surface area contributed by atoms with Gasteiger partial charge in [-0.15, -0.1) is 0 Å². The van der Waals surface area contributed by atoms with Crippen molar-refractivity contribution in [2.24, 2.45) is 5.92 Å². The van der Waals surface area contributed by atoms with E-state index in [1.807, 2.05) is 0 Å². The molecule has 0 amide bonds. The van der Waals surface area contributed by atoms with E-state index in [0.29, 0.717) is 24.7 Å². The average molecular weight is 210 g/mol. The second-order valence-corrected chi connectivity index (χ2v) is 3.76. The lowest BCUT2D eigenvalue weighted by Gasteiger charge is -1.91. The minimum atomic E-state index is 0.219. The van der Waals surface area contributed by atoms with Gasteiger partial charge < -0.3 is 9.26 Å². The molecule has 0 saturated heterocycles. The molecule has 0 aliphatic heterocycles. The fourth-order valence-electron chi connectivity index (χ4n) is 1.36. The van der Waals surface area contributed by atoms with Gasteiger partial charge >= 0.3 is 0 Å². The van der Waals surface area contributed by atoms with Gasteiger partial charge in [0.2, 0.25) is 5.89 Å². The third-order valence-electron chi connectivity index (χ3n) is 2.40. The lowest BCUT2D eigenvalue weighted by atomic mass is 10.2. The van der Waals surface area contributed by atoms with Crippen LogP contribution >= 0.6 is 0 Å². The highest BCUT2D eigenvalue weighted by Crippen LogP contribution is 2.30. The molecular formula is C10H14N2O3. The van der Waals surface area contributed by atoms with Crippen LogP contribution in [0.15, 0.2) is 4.52 Å². The van der Waals surface area contributed by atoms with Crippen molar-refractivity contribution in [3.8, 4) is 0 Å². The molecule has 5 heteroatoms. The number of rotatable bonds is 6. The van der Waals surface area contributed by atoms with E-state index >= 15 is 0 Å². The first-order valence-electron chi connectivity index (χ1n) is 5.12. The molecule has 1 aromatic rings. The van der Waals surface area contributed by atoms with Crippen molar-refractivity contribution in [2.75, 3.05) is 13.7 Å². The summed E-state index contributed by atoms with van der Waals surface area (Å²) in [6.07, 6.45) is 2.94. The first-order chi connectivity index (χ1) is 7.29. The molecule has 82 valence electrons. The number of Topliss-reactive ketones (excluding diaryl/α,β-unsaturated/α-hetero) is 1. The smallest absolute Gasteiger partial charge is 0.234 e. The molecule has 0 spiro atoms. The van der Waals surface area contributed by atoms with Crippen LogP contribution in [0.3, 0.4) is 0 Å². The molecule has 1 aromatic heterocycles. The number of methoxy groups -OCH3 is 1. The van der Waals surface area contributed by atoms with Crippen LogP contribution < -0.4 is 0 Å². The molecule has 1 aliphatic carbocycles. The number of nitrogens with zero attached hydrogens (tertiary/aromatic N) is 2. The van der Waals surface area contributed by atoms with E-state index in [-0.39, 0.29) is 18.1 Å². The minimum Gasteiger partial charge on any atom is -0.384 e. The molecule has 1 fully saturated rings. The van der Waals surface area contributed by atoms with E-state index in [1.54, 1.807) is 7.11 Å². The molecule has 0 bridgehead atoms. The van der Waals surface area contributed by atoms with E-state index in [9.17, 15) is 4.79 Å². The molecule has 0 unspecified atom stereocenters. The third-order valence-corrected chi connectivity index (χ3v) is 2.40. The first kappa shape index (κ1) is 10.3. The van der Waals surface area contributed by atoms with E-state index in [4.69, 9.17) is 9.26 Å². The van der Waals surface area contributed by atoms with Gasteiger partial charge in [-0.25, -0.2) is 0 Å². The molecule has 5 nitrogen and oxygen atoms in total. The van der Waals surface area contributed by atoms with Crippen molar-refractivity contribution in [3.05, 3.63) is 11.7 Å². The average Bonchev–Trinajstić information content (AvgIpc) is 2.99. The number of carbonyl (C=O) groups excluding carboxylic acids is 1. The lowest BCUT2D eigenvalue weighted by Crippen LogP contribution is -2.05. The third kappa shape index (κ3) is 2.86. The van der Waals surface area contributed by atoms with Gasteiger partial charge in [-0.3, -0.25) is 4.79 Å². The normalized spacial score (nSPS) is 15.5. The van der Waals surface area contributed by atoms with Crippen LogP contribution in [0.2, 0.25) is 0 Å². The van der Waals surface area contributed by atoms with Crippen LogP contribution in [-0.2, 0) is 22.4 Å². The van der Waals surface area contributed by atoms with Crippen molar-refractivity contribution in [2.45, 2.75) is 25.7 Å². The van der Waals surface area contributed by atoms with Gasteiger partial charge in [0, 0.05) is 19.4 Å². The fourth-order valence-corrected chi connectivity index (χ4v) is 1.36. The second kappa shape index (κ2) is 4.53. The fraction of sp³-hybridized carbons (Fsp3) is 0.700. The quantitative estimate of drug-likeness (QED) is 0.694. The van der Waals surface area contributed by atoms with Crippen LogP contribution in [0.25, 0.3) is 0 Å². The van der Waals surface area contributed by atoms with Gasteiger partial charge in [-0.1, -0.05) is 5.16 Å². The van der Waals surface area contributed by atoms with Crippen LogP contribution in [0.1, 0.15) is 24.6 Å². The second-order valence-electron chi connectivity index (χ2n) is 3.76. The van der Waals surface area contributed by atoms with E-state index in [0.717, 1.165) is 12.8 Å². The molecule has 1 heterocycles. The molecule has 2 rings (SSSR count). The molecule has 15 heavy (non-hydrogen) atoms. The highest BCUT2D eigenvalue weighted by Gasteiger charge is 2.30. The van der Waals surface area contributed by atoms with Crippen LogP contribution in [0.4, 0.5) is 0 Å². The van der Waals surface area contributed by atoms with Crippen molar-refractivity contribution in [3.63, 3.8) is 0 Å². The molecule has 0 radical (unpaired) electrons. The van der Waals surface area contributed by atoms with E-state index in [1.165, 1.54) is 0 Å². The number of hydrogen-bond acceptors (Lipinski definition) is 5. The summed E-state index contributed by atoms with van der Waals surface area (Å²) in [4.78, 5) is 15.6. The highest BCUT2D eigenvalue weighted by molar-refractivity contribution is 5.84. The Bertz CT molecular complexity index is 344. The summed E-state index contributed by atoms with van der Waals surface area (Å²) in [5.41, 5.74) is 0. The standard InChI is InChI=1S/C10H14N2O3/c1-14-5-4-9-11-10(15-12-9)6-8(13)7-2-3-7/h7H,2-6H2,1H3. The van der Waals surface area contributed by atoms with Crippen LogP contribution in [0, 0.1) is 5.92 Å². The molecule has 1 aliphatic rings. The van der Waals surface area contributed by atoms with Crippen molar-refractivity contribution in [1.29, 1.82) is 0 Å². The summed E-state index contributed by atoms with van der Waals surface area (Å²) in [5.74, 6) is 1.50. The highest BCUT2D eigenvalue weighted by atomic mass is 16.5. The Hall–Kier alpha value is -1.23. The van der Waals surface area contributed by atoms with Crippen LogP contribution in [-0.4, -0.2) is 29.6 Å². The van der Waals surface area contributed by atoms with Gasteiger partial charge in [0.05, 0.1) is 13.0 Å². The SMILES string of the molecule is COCCc1noc(CC(=O)C2CC2)n1. The van der Waals surface area contributed by atoms with Gasteiger partial charge in [-0.2, -0.15) is 4.98 Å². The summed E-state index contributed by atoms with van der Waals surface area (Å²) >= 11 is 0. The Kier molecular flexibility index (Phi) is 3.11. The number of carbonyl (C=O) groups is 1. The van der Waals surface area contributed by atoms with Crippen molar-refractivity contribution < 1.29 is 14.1 Å². The first-order valence-corrected chi connectivity index (χ1v) is 5.12. The van der Waals surface area contributed by atoms with Crippen LogP contribution in [0.5, 0.6) is 0 Å². The number of ether oxygens (including phenoxy) is 1. The number of hydrogen-bond donors (Lipinski definition) is 0. The zero-order valence-electron chi connectivity index (χ0n) is 8.73. The molecule has 0 N–H and O–H groups in total. The van der Waals surface area contributed by atoms with Gasteiger partial charge in [-0.05, 0) is 12.8 Å². The van der Waals surface area contributed by atoms with Crippen molar-refractivity contribution in [1.82, 2.24) is 10.1 Å². The topological polar surface area (TPSA) is 65.2 Å². The zero-order valence-corrected chi connectivity index (χ0v) is 8.73. The predicted molar refractivity (Wildman–Crippen MR) is 51.3 cm³/mol. The minimum absolute atomic E-state index is 0.219. The Labute approximate surface area is 87.8 Å². The van der Waals surface area contributed by atoms with E-state index < -0.39 is 0 Å². The maximum absolute atomic E-state index is 11.4. The maximum Gasteiger partial charge on any atom is 0.234 e. The summed E-state index contributed by atoms with van der Waals surface area (Å²) in [5, 5.41) is 3.77. The van der Waals surface area contributed by atoms with Crippen molar-refractivity contribution >= 4 is 5.78 Å². The largest absolute Gasteiger partial charge is 0.384 e. The monoisotopic (exact) mass is 210 g/mol. The van der Waals surface area contributed by atoms with Gasteiger partial charge in [0.25, 0.3) is 0 Å². The van der Waals surface area contributed by atoms with E-state index in [2.05, 4.69) is 10.1 Å². The molecular weight excluding hydrogens is 196 g/mol. The summed E-state index contributed by atoms with van der Waals surface area (Å²) in [6.45, 7) is 0.565. The summed E-state index contributed by atoms with van der Waals surface area (Å²) in [6, 6.07) is 0. The molecule has 0 aromatic carbocycles. The Morgan fingerprint density at radius 3 is 3.07 bits per heavy atom. The number of aromatic nitrogens is 2. The Morgan fingerprint density at radius 2 is 2.40 bits per heavy atom. The summed E-state index contributed by atoms with van der Waals surface area (Å²) < 4.78 is 9.87. The Balaban J connectivity index is 1.85. The zero-order chi connectivity index (χ0) is 10.7. The molecule has 0 atom stereocenters. The lowest BCUT2D eigenvalue weighted by molar-refractivity contribution is -0.119. The van der Waals surface area contributed by atoms with Gasteiger partial charge in [0.15, 0.2) is 5.82 Å². The molecule has 1 saturated carbocycles.